The van der Waals surface area contributed by atoms with Crippen molar-refractivity contribution in [1.29, 1.82) is 0 Å². The topological polar surface area (TPSA) is 37.3 Å². The van der Waals surface area contributed by atoms with E-state index in [4.69, 9.17) is 0 Å². The van der Waals surface area contributed by atoms with Crippen LogP contribution in [-0.2, 0) is 11.1 Å². The molecule has 1 saturated carbocycles. The van der Waals surface area contributed by atoms with Gasteiger partial charge in [0.1, 0.15) is 0 Å². The maximum Gasteiger partial charge on any atom is 1.00 e. The van der Waals surface area contributed by atoms with E-state index >= 15 is 0 Å². The molecule has 1 aliphatic rings. The van der Waals surface area contributed by atoms with E-state index in [2.05, 4.69) is 12.1 Å². The number of fused-ring (bicyclic) bond motifs is 1. The smallest absolute Gasteiger partial charge is 1.00 e. The average molecular weight is 284 g/mol. The van der Waals surface area contributed by atoms with E-state index in [1.807, 2.05) is 18.2 Å². The zero-order valence-electron chi connectivity index (χ0n) is 12.1. The van der Waals surface area contributed by atoms with Gasteiger partial charge >= 0.3 is 29.6 Å². The SMILES string of the molecule is O=S(O)c1cccc2c(C3CCCC3)cccc12.[H-].[Na+]. The third-order valence-corrected chi connectivity index (χ3v) is 4.63. The van der Waals surface area contributed by atoms with Gasteiger partial charge in [0.2, 0.25) is 0 Å². The molecule has 0 bridgehead atoms. The molecular formula is C15H17NaO2S. The van der Waals surface area contributed by atoms with Crippen LogP contribution in [-0.4, -0.2) is 8.76 Å². The summed E-state index contributed by atoms with van der Waals surface area (Å²) in [7, 11) is 0. The molecule has 3 rings (SSSR count). The Kier molecular flexibility index (Phi) is 5.21. The van der Waals surface area contributed by atoms with Crippen LogP contribution in [0.25, 0.3) is 10.8 Å². The summed E-state index contributed by atoms with van der Waals surface area (Å²) >= 11 is -1.91. The first kappa shape index (κ1) is 15.2. The molecule has 0 radical (unpaired) electrons. The van der Waals surface area contributed by atoms with Crippen molar-refractivity contribution in [2.75, 3.05) is 0 Å². The second kappa shape index (κ2) is 6.51. The summed E-state index contributed by atoms with van der Waals surface area (Å²) in [6.07, 6.45) is 5.08. The van der Waals surface area contributed by atoms with Gasteiger partial charge in [0.25, 0.3) is 0 Å². The molecule has 2 nitrogen and oxygen atoms in total. The summed E-state index contributed by atoms with van der Waals surface area (Å²) in [6.45, 7) is 0. The van der Waals surface area contributed by atoms with Gasteiger partial charge in [-0.3, -0.25) is 0 Å². The average Bonchev–Trinajstić information content (AvgIpc) is 2.91. The minimum absolute atomic E-state index is 0. The molecule has 2 aromatic carbocycles. The molecule has 0 heterocycles. The molecule has 0 saturated heterocycles. The standard InChI is InChI=1S/C15H16O2S.Na.H/c16-18(17)15-10-4-8-13-12(7-3-9-14(13)15)11-5-1-2-6-11;;/h3-4,7-11H,1-2,5-6H2,(H,16,17);;/q;+1;-1. The van der Waals surface area contributed by atoms with Gasteiger partial charge in [-0.25, -0.2) is 4.21 Å². The van der Waals surface area contributed by atoms with Gasteiger partial charge in [0.05, 0.1) is 4.90 Å². The van der Waals surface area contributed by atoms with Crippen molar-refractivity contribution in [3.63, 3.8) is 0 Å². The van der Waals surface area contributed by atoms with Crippen molar-refractivity contribution in [1.82, 2.24) is 0 Å². The minimum atomic E-state index is -1.91. The molecule has 1 N–H and O–H groups in total. The normalized spacial score (nSPS) is 17.3. The third-order valence-electron chi connectivity index (χ3n) is 3.90. The number of rotatable bonds is 2. The van der Waals surface area contributed by atoms with Crippen molar-refractivity contribution in [3.8, 4) is 0 Å². The van der Waals surface area contributed by atoms with Crippen LogP contribution in [0.15, 0.2) is 41.3 Å². The Balaban J connectivity index is 0.000001000. The quantitative estimate of drug-likeness (QED) is 0.664. The summed E-state index contributed by atoms with van der Waals surface area (Å²) in [5.41, 5.74) is 1.34. The van der Waals surface area contributed by atoms with Gasteiger partial charge in [0.15, 0.2) is 11.1 Å². The van der Waals surface area contributed by atoms with Crippen LogP contribution in [0.1, 0.15) is 38.6 Å². The summed E-state index contributed by atoms with van der Waals surface area (Å²) in [6, 6.07) is 11.8. The number of benzene rings is 2. The Morgan fingerprint density at radius 1 is 1.05 bits per heavy atom. The van der Waals surface area contributed by atoms with Gasteiger partial charge in [-0.05, 0) is 35.8 Å². The van der Waals surface area contributed by atoms with Crippen molar-refractivity contribution < 1.29 is 39.7 Å². The van der Waals surface area contributed by atoms with Crippen molar-refractivity contribution in [2.24, 2.45) is 0 Å². The van der Waals surface area contributed by atoms with Crippen LogP contribution < -0.4 is 29.6 Å². The monoisotopic (exact) mass is 284 g/mol. The zero-order chi connectivity index (χ0) is 12.5. The van der Waals surface area contributed by atoms with Crippen molar-refractivity contribution in [3.05, 3.63) is 42.0 Å². The zero-order valence-corrected chi connectivity index (χ0v) is 14.0. The van der Waals surface area contributed by atoms with Crippen LogP contribution in [0.4, 0.5) is 0 Å². The molecule has 0 aromatic heterocycles. The molecule has 2 aromatic rings. The van der Waals surface area contributed by atoms with E-state index in [1.54, 1.807) is 6.07 Å². The van der Waals surface area contributed by atoms with E-state index in [0.29, 0.717) is 10.8 Å². The number of hydrogen-bond acceptors (Lipinski definition) is 1. The first-order valence-electron chi connectivity index (χ1n) is 6.40. The predicted octanol–water partition coefficient (Wildman–Crippen LogP) is 1.19. The molecule has 19 heavy (non-hydrogen) atoms. The molecule has 1 unspecified atom stereocenters. The summed E-state index contributed by atoms with van der Waals surface area (Å²) < 4.78 is 20.7. The predicted molar refractivity (Wildman–Crippen MR) is 75.3 cm³/mol. The van der Waals surface area contributed by atoms with Crippen LogP contribution in [0, 0.1) is 0 Å². The van der Waals surface area contributed by atoms with Crippen LogP contribution in [0.3, 0.4) is 0 Å². The van der Waals surface area contributed by atoms with Crippen molar-refractivity contribution in [2.45, 2.75) is 36.5 Å². The van der Waals surface area contributed by atoms with Gasteiger partial charge in [-0.15, -0.1) is 0 Å². The molecule has 0 amide bonds. The van der Waals surface area contributed by atoms with Crippen LogP contribution in [0.2, 0.25) is 0 Å². The van der Waals surface area contributed by atoms with Gasteiger partial charge in [0, 0.05) is 5.39 Å². The maximum absolute atomic E-state index is 11.4. The molecular weight excluding hydrogens is 267 g/mol. The second-order valence-corrected chi connectivity index (χ2v) is 5.87. The molecule has 0 aliphatic heterocycles. The van der Waals surface area contributed by atoms with Gasteiger partial charge in [-0.1, -0.05) is 43.2 Å². The van der Waals surface area contributed by atoms with Gasteiger partial charge < -0.3 is 5.98 Å². The number of hydrogen-bond donors (Lipinski definition) is 1. The van der Waals surface area contributed by atoms with Crippen LogP contribution >= 0.6 is 0 Å². The van der Waals surface area contributed by atoms with Crippen LogP contribution in [0.5, 0.6) is 0 Å². The fourth-order valence-corrected chi connectivity index (χ4v) is 3.61. The van der Waals surface area contributed by atoms with E-state index in [-0.39, 0.29) is 31.0 Å². The summed E-state index contributed by atoms with van der Waals surface area (Å²) in [5, 5.41) is 2.06. The Labute approximate surface area is 139 Å². The molecule has 0 spiro atoms. The fraction of sp³-hybridized carbons (Fsp3) is 0.333. The molecule has 4 heteroatoms. The first-order valence-corrected chi connectivity index (χ1v) is 7.50. The molecule has 1 fully saturated rings. The summed E-state index contributed by atoms with van der Waals surface area (Å²) in [5.74, 6) is 0.621. The molecule has 96 valence electrons. The first-order chi connectivity index (χ1) is 8.77. The fourth-order valence-electron chi connectivity index (χ4n) is 3.05. The van der Waals surface area contributed by atoms with Gasteiger partial charge in [-0.2, -0.15) is 0 Å². The third kappa shape index (κ3) is 2.96. The van der Waals surface area contributed by atoms with E-state index in [0.717, 1.165) is 10.8 Å². The van der Waals surface area contributed by atoms with Crippen molar-refractivity contribution >= 4 is 21.9 Å². The summed E-state index contributed by atoms with van der Waals surface area (Å²) in [4.78, 5) is 0.521. The Bertz CT molecular complexity index is 612. The molecule has 1 atom stereocenters. The van der Waals surface area contributed by atoms with E-state index < -0.39 is 11.1 Å². The minimum Gasteiger partial charge on any atom is -1.00 e. The van der Waals surface area contributed by atoms with E-state index in [1.165, 1.54) is 31.2 Å². The largest absolute Gasteiger partial charge is 1.00 e. The molecule has 1 aliphatic carbocycles. The Morgan fingerprint density at radius 2 is 1.68 bits per heavy atom. The maximum atomic E-state index is 11.4. The van der Waals surface area contributed by atoms with E-state index in [9.17, 15) is 8.76 Å². The Morgan fingerprint density at radius 3 is 2.37 bits per heavy atom. The second-order valence-electron chi connectivity index (χ2n) is 4.93. The Hall–Kier alpha value is -0.190.